The van der Waals surface area contributed by atoms with Gasteiger partial charge in [-0.25, -0.2) is 4.79 Å². The molecule has 0 aliphatic rings. The molecule has 1 heterocycles. The smallest absolute Gasteiger partial charge is 0.312 e. The fourth-order valence-corrected chi connectivity index (χ4v) is 2.52. The summed E-state index contributed by atoms with van der Waals surface area (Å²) in [6.45, 7) is 5.61. The van der Waals surface area contributed by atoms with Crippen LogP contribution in [0.15, 0.2) is 41.5 Å². The summed E-state index contributed by atoms with van der Waals surface area (Å²) in [5, 5.41) is 3.31. The van der Waals surface area contributed by atoms with E-state index in [1.807, 2.05) is 31.6 Å². The zero-order valence-electron chi connectivity index (χ0n) is 12.5. The van der Waals surface area contributed by atoms with Crippen molar-refractivity contribution in [1.82, 2.24) is 14.5 Å². The minimum Gasteiger partial charge on any atom is -0.312 e. The Morgan fingerprint density at radius 2 is 1.90 bits per heavy atom. The Balaban J connectivity index is 2.23. The summed E-state index contributed by atoms with van der Waals surface area (Å²) >= 11 is 0. The highest BCUT2D eigenvalue weighted by atomic mass is 16.1. The van der Waals surface area contributed by atoms with E-state index < -0.39 is 0 Å². The van der Waals surface area contributed by atoms with Gasteiger partial charge in [0.1, 0.15) is 0 Å². The molecule has 0 aliphatic heterocycles. The number of benzene rings is 1. The molecule has 1 unspecified atom stereocenters. The summed E-state index contributed by atoms with van der Waals surface area (Å²) in [4.78, 5) is 12.2. The lowest BCUT2D eigenvalue weighted by Crippen LogP contribution is -2.30. The van der Waals surface area contributed by atoms with Gasteiger partial charge in [0, 0.05) is 25.5 Å². The summed E-state index contributed by atoms with van der Waals surface area (Å²) in [6.07, 6.45) is 4.72. The van der Waals surface area contributed by atoms with Gasteiger partial charge in [-0.05, 0) is 31.5 Å². The lowest BCUT2D eigenvalue weighted by atomic mass is 10.0. The van der Waals surface area contributed by atoms with Gasteiger partial charge >= 0.3 is 5.69 Å². The van der Waals surface area contributed by atoms with Gasteiger partial charge in [0.25, 0.3) is 0 Å². The largest absolute Gasteiger partial charge is 0.328 e. The van der Waals surface area contributed by atoms with E-state index in [4.69, 9.17) is 0 Å². The molecule has 4 heteroatoms. The summed E-state index contributed by atoms with van der Waals surface area (Å²) in [6, 6.07) is 8.44. The van der Waals surface area contributed by atoms with Gasteiger partial charge in [0.2, 0.25) is 0 Å². The van der Waals surface area contributed by atoms with Crippen LogP contribution in [-0.4, -0.2) is 16.2 Å². The van der Waals surface area contributed by atoms with Gasteiger partial charge in [-0.15, -0.1) is 0 Å². The van der Waals surface area contributed by atoms with Crippen molar-refractivity contribution in [2.24, 2.45) is 0 Å². The zero-order valence-corrected chi connectivity index (χ0v) is 12.5. The predicted molar refractivity (Wildman–Crippen MR) is 82.0 cm³/mol. The highest BCUT2D eigenvalue weighted by Gasteiger charge is 2.13. The Kier molecular flexibility index (Phi) is 4.79. The number of hydrogen-bond donors (Lipinski definition) is 1. The van der Waals surface area contributed by atoms with Crippen LogP contribution < -0.4 is 11.0 Å². The monoisotopic (exact) mass is 273 g/mol. The number of nitrogens with zero attached hydrogens (tertiary/aromatic N) is 2. The van der Waals surface area contributed by atoms with Crippen molar-refractivity contribution in [2.75, 3.05) is 7.05 Å². The van der Waals surface area contributed by atoms with Crippen LogP contribution >= 0.6 is 0 Å². The molecule has 1 atom stereocenters. The summed E-state index contributed by atoms with van der Waals surface area (Å²) in [7, 11) is 1.94. The van der Waals surface area contributed by atoms with Gasteiger partial charge in [0.15, 0.2) is 0 Å². The van der Waals surface area contributed by atoms with Crippen LogP contribution in [0.1, 0.15) is 30.5 Å². The Labute approximate surface area is 120 Å². The number of likely N-dealkylation sites (N-methyl/N-ethyl adjacent to an activating group) is 1. The van der Waals surface area contributed by atoms with E-state index >= 15 is 0 Å². The number of imidazole rings is 1. The average molecular weight is 273 g/mol. The second kappa shape index (κ2) is 6.57. The molecule has 0 saturated heterocycles. The van der Waals surface area contributed by atoms with Crippen LogP contribution in [-0.2, 0) is 13.1 Å². The van der Waals surface area contributed by atoms with E-state index in [-0.39, 0.29) is 11.7 Å². The maximum Gasteiger partial charge on any atom is 0.328 e. The molecular weight excluding hydrogens is 250 g/mol. The lowest BCUT2D eigenvalue weighted by molar-refractivity contribution is 0.481. The number of aryl methyl sites for hydroxylation is 2. The molecule has 1 aromatic carbocycles. The number of aromatic nitrogens is 2. The average Bonchev–Trinajstić information content (AvgIpc) is 2.79. The van der Waals surface area contributed by atoms with E-state index in [1.165, 1.54) is 11.1 Å². The minimum absolute atomic E-state index is 0.0701. The molecule has 2 aromatic rings. The van der Waals surface area contributed by atoms with E-state index in [2.05, 4.69) is 31.3 Å². The molecule has 2 rings (SSSR count). The van der Waals surface area contributed by atoms with Gasteiger partial charge in [0.05, 0.1) is 6.04 Å². The molecule has 1 aromatic heterocycles. The van der Waals surface area contributed by atoms with Crippen molar-refractivity contribution in [3.63, 3.8) is 0 Å². The summed E-state index contributed by atoms with van der Waals surface area (Å²) in [5.74, 6) is 0. The molecule has 0 fully saturated rings. The van der Waals surface area contributed by atoms with Gasteiger partial charge in [-0.2, -0.15) is 0 Å². The van der Waals surface area contributed by atoms with E-state index in [0.717, 1.165) is 13.0 Å². The van der Waals surface area contributed by atoms with Crippen molar-refractivity contribution in [2.45, 2.75) is 39.4 Å². The second-order valence-corrected chi connectivity index (χ2v) is 5.12. The molecule has 0 amide bonds. The van der Waals surface area contributed by atoms with E-state index in [1.54, 1.807) is 9.13 Å². The standard InChI is InChI=1S/C16H23N3O/c1-4-9-18-10-11-19(16(18)20)12-15(17-3)14-8-6-5-7-13(14)2/h5-8,10-11,15,17H,4,9,12H2,1-3H3. The molecule has 0 saturated carbocycles. The van der Waals surface area contributed by atoms with E-state index in [9.17, 15) is 4.79 Å². The quantitative estimate of drug-likeness (QED) is 0.877. The fourth-order valence-electron chi connectivity index (χ4n) is 2.52. The van der Waals surface area contributed by atoms with Crippen molar-refractivity contribution >= 4 is 0 Å². The molecular formula is C16H23N3O. The highest BCUT2D eigenvalue weighted by molar-refractivity contribution is 5.28. The molecule has 20 heavy (non-hydrogen) atoms. The van der Waals surface area contributed by atoms with Crippen LogP contribution in [0.25, 0.3) is 0 Å². The lowest BCUT2D eigenvalue weighted by Gasteiger charge is -2.19. The van der Waals surface area contributed by atoms with E-state index in [0.29, 0.717) is 6.54 Å². The van der Waals surface area contributed by atoms with Crippen LogP contribution in [0.4, 0.5) is 0 Å². The third-order valence-corrected chi connectivity index (χ3v) is 3.67. The first-order valence-corrected chi connectivity index (χ1v) is 7.15. The van der Waals surface area contributed by atoms with Gasteiger partial charge in [-0.1, -0.05) is 31.2 Å². The molecule has 0 spiro atoms. The first kappa shape index (κ1) is 14.6. The normalized spacial score (nSPS) is 12.6. The van der Waals surface area contributed by atoms with Crippen molar-refractivity contribution in [3.05, 3.63) is 58.3 Å². The van der Waals surface area contributed by atoms with Crippen LogP contribution in [0.2, 0.25) is 0 Å². The summed E-state index contributed by atoms with van der Waals surface area (Å²) < 4.78 is 3.55. The SMILES string of the molecule is CCCn1ccn(CC(NC)c2ccccc2C)c1=O. The zero-order chi connectivity index (χ0) is 14.5. The molecule has 108 valence electrons. The van der Waals surface area contributed by atoms with Crippen LogP contribution in [0, 0.1) is 6.92 Å². The second-order valence-electron chi connectivity index (χ2n) is 5.12. The molecule has 0 aliphatic carbocycles. The third kappa shape index (κ3) is 3.02. The summed E-state index contributed by atoms with van der Waals surface area (Å²) in [5.41, 5.74) is 2.55. The maximum absolute atomic E-state index is 12.2. The third-order valence-electron chi connectivity index (χ3n) is 3.67. The first-order valence-electron chi connectivity index (χ1n) is 7.15. The van der Waals surface area contributed by atoms with Crippen molar-refractivity contribution < 1.29 is 0 Å². The highest BCUT2D eigenvalue weighted by Crippen LogP contribution is 2.18. The topological polar surface area (TPSA) is 39.0 Å². The predicted octanol–water partition coefficient (Wildman–Crippen LogP) is 2.33. The fraction of sp³-hybridized carbons (Fsp3) is 0.438. The number of hydrogen-bond acceptors (Lipinski definition) is 2. The van der Waals surface area contributed by atoms with Gasteiger partial charge in [-0.3, -0.25) is 9.13 Å². The van der Waals surface area contributed by atoms with Crippen molar-refractivity contribution in [3.8, 4) is 0 Å². The van der Waals surface area contributed by atoms with Crippen LogP contribution in [0.5, 0.6) is 0 Å². The molecule has 4 nitrogen and oxygen atoms in total. The molecule has 0 bridgehead atoms. The maximum atomic E-state index is 12.2. The van der Waals surface area contributed by atoms with Crippen LogP contribution in [0.3, 0.4) is 0 Å². The minimum atomic E-state index is 0.0701. The number of rotatable bonds is 6. The molecule has 1 N–H and O–H groups in total. The Hall–Kier alpha value is -1.81. The molecule has 0 radical (unpaired) electrons. The number of nitrogens with one attached hydrogen (secondary N) is 1. The Bertz CT molecular complexity index is 612. The van der Waals surface area contributed by atoms with Crippen molar-refractivity contribution in [1.29, 1.82) is 0 Å². The first-order chi connectivity index (χ1) is 9.67. The Morgan fingerprint density at radius 1 is 1.20 bits per heavy atom. The van der Waals surface area contributed by atoms with Gasteiger partial charge < -0.3 is 5.32 Å². The Morgan fingerprint density at radius 3 is 2.55 bits per heavy atom.